The molecule has 130 valence electrons. The Balaban J connectivity index is 2.51. The van der Waals surface area contributed by atoms with E-state index in [1.165, 1.54) is 12.0 Å². The first-order valence-electron chi connectivity index (χ1n) is 7.82. The van der Waals surface area contributed by atoms with Crippen molar-refractivity contribution in [2.24, 2.45) is 0 Å². The van der Waals surface area contributed by atoms with E-state index in [4.69, 9.17) is 14.2 Å². The van der Waals surface area contributed by atoms with Crippen molar-refractivity contribution in [3.05, 3.63) is 24.3 Å². The van der Waals surface area contributed by atoms with Crippen molar-refractivity contribution in [1.82, 2.24) is 0 Å². The van der Waals surface area contributed by atoms with Crippen LogP contribution < -0.4 is 9.64 Å². The van der Waals surface area contributed by atoms with Gasteiger partial charge in [0.1, 0.15) is 5.75 Å². The van der Waals surface area contributed by atoms with Gasteiger partial charge >= 0.3 is 11.9 Å². The molecule has 0 aliphatic carbocycles. The number of anilines is 1. The van der Waals surface area contributed by atoms with Gasteiger partial charge in [-0.05, 0) is 38.1 Å². The molecule has 7 nitrogen and oxygen atoms in total. The van der Waals surface area contributed by atoms with Crippen LogP contribution in [0.25, 0.3) is 0 Å². The van der Waals surface area contributed by atoms with Gasteiger partial charge in [0, 0.05) is 18.5 Å². The van der Waals surface area contributed by atoms with Crippen LogP contribution in [0.2, 0.25) is 0 Å². The highest BCUT2D eigenvalue weighted by atomic mass is 16.6. The predicted molar refractivity (Wildman–Crippen MR) is 85.7 cm³/mol. The van der Waals surface area contributed by atoms with E-state index in [9.17, 15) is 14.4 Å². The minimum absolute atomic E-state index is 0.0233. The average molecular weight is 335 g/mol. The van der Waals surface area contributed by atoms with E-state index in [1.807, 2.05) is 0 Å². The van der Waals surface area contributed by atoms with Crippen molar-refractivity contribution < 1.29 is 28.6 Å². The van der Waals surface area contributed by atoms with Crippen LogP contribution in [0.1, 0.15) is 26.7 Å². The molecule has 1 saturated heterocycles. The zero-order chi connectivity index (χ0) is 17.7. The molecule has 7 heteroatoms. The molecular weight excluding hydrogens is 314 g/mol. The number of hydrogen-bond acceptors (Lipinski definition) is 6. The summed E-state index contributed by atoms with van der Waals surface area (Å²) in [4.78, 5) is 38.8. The van der Waals surface area contributed by atoms with Crippen LogP contribution in [-0.4, -0.2) is 43.7 Å². The Morgan fingerprint density at radius 1 is 1.08 bits per heavy atom. The molecule has 1 heterocycles. The number of benzene rings is 1. The van der Waals surface area contributed by atoms with Crippen LogP contribution in [0, 0.1) is 0 Å². The first-order valence-corrected chi connectivity index (χ1v) is 7.82. The molecule has 1 fully saturated rings. The quantitative estimate of drug-likeness (QED) is 0.581. The zero-order valence-corrected chi connectivity index (χ0v) is 14.0. The molecule has 1 aliphatic rings. The second-order valence-corrected chi connectivity index (χ2v) is 5.23. The van der Waals surface area contributed by atoms with E-state index >= 15 is 0 Å². The van der Waals surface area contributed by atoms with E-state index in [0.717, 1.165) is 0 Å². The summed E-state index contributed by atoms with van der Waals surface area (Å²) in [6.45, 7) is 3.49. The molecular formula is C17H21NO6. The lowest BCUT2D eigenvalue weighted by Crippen LogP contribution is -2.59. The summed E-state index contributed by atoms with van der Waals surface area (Å²) < 4.78 is 15.3. The monoisotopic (exact) mass is 335 g/mol. The highest BCUT2D eigenvalue weighted by Gasteiger charge is 2.60. The van der Waals surface area contributed by atoms with Gasteiger partial charge in [0.25, 0.3) is 0 Å². The highest BCUT2D eigenvalue weighted by Crippen LogP contribution is 2.38. The molecule has 0 saturated carbocycles. The van der Waals surface area contributed by atoms with Crippen LogP contribution in [-0.2, 0) is 23.9 Å². The van der Waals surface area contributed by atoms with Crippen LogP contribution in [0.15, 0.2) is 24.3 Å². The van der Waals surface area contributed by atoms with Crippen LogP contribution in [0.4, 0.5) is 5.69 Å². The van der Waals surface area contributed by atoms with Gasteiger partial charge in [-0.15, -0.1) is 0 Å². The number of rotatable bonds is 6. The van der Waals surface area contributed by atoms with Crippen molar-refractivity contribution in [1.29, 1.82) is 0 Å². The van der Waals surface area contributed by atoms with Crippen molar-refractivity contribution in [2.45, 2.75) is 32.2 Å². The van der Waals surface area contributed by atoms with Crippen LogP contribution in [0.5, 0.6) is 5.75 Å². The largest absolute Gasteiger partial charge is 0.497 e. The maximum atomic E-state index is 12.6. The number of methoxy groups -OCH3 is 1. The molecule has 0 bridgehead atoms. The summed E-state index contributed by atoms with van der Waals surface area (Å²) in [7, 11) is 1.53. The fourth-order valence-corrected chi connectivity index (χ4v) is 2.79. The summed E-state index contributed by atoms with van der Waals surface area (Å²) in [6.07, 6.45) is 0.0825. The van der Waals surface area contributed by atoms with Gasteiger partial charge in [-0.1, -0.05) is 0 Å². The second kappa shape index (κ2) is 7.33. The molecule has 0 aromatic heterocycles. The fourth-order valence-electron chi connectivity index (χ4n) is 2.79. The Hall–Kier alpha value is -2.57. The lowest BCUT2D eigenvalue weighted by Gasteiger charge is -2.33. The predicted octanol–water partition coefficient (Wildman–Crippen LogP) is 1.69. The van der Waals surface area contributed by atoms with Gasteiger partial charge in [-0.3, -0.25) is 9.69 Å². The third kappa shape index (κ3) is 2.93. The van der Waals surface area contributed by atoms with Gasteiger partial charge in [0.15, 0.2) is 0 Å². The van der Waals surface area contributed by atoms with Crippen molar-refractivity contribution in [3.8, 4) is 5.75 Å². The third-order valence-corrected chi connectivity index (χ3v) is 3.89. The van der Waals surface area contributed by atoms with Crippen molar-refractivity contribution >= 4 is 23.5 Å². The average Bonchev–Trinajstić information content (AvgIpc) is 2.94. The number of carbonyl (C=O) groups excluding carboxylic acids is 3. The Morgan fingerprint density at radius 3 is 2.08 bits per heavy atom. The van der Waals surface area contributed by atoms with Crippen LogP contribution >= 0.6 is 0 Å². The number of amides is 1. The molecule has 0 spiro atoms. The Labute approximate surface area is 140 Å². The zero-order valence-electron chi connectivity index (χ0n) is 14.0. The standard InChI is InChI=1S/C17H21NO6/c1-4-23-15(20)17(16(21)24-5-2)11-10-14(19)18(17)12-6-8-13(22-3)9-7-12/h6-9H,4-5,10-11H2,1-3H3. The summed E-state index contributed by atoms with van der Waals surface area (Å²) in [5.74, 6) is -1.28. The summed E-state index contributed by atoms with van der Waals surface area (Å²) >= 11 is 0. The lowest BCUT2D eigenvalue weighted by atomic mass is 9.95. The Bertz CT molecular complexity index is 606. The molecule has 0 unspecified atom stereocenters. The molecule has 0 atom stereocenters. The molecule has 2 rings (SSSR count). The summed E-state index contributed by atoms with van der Waals surface area (Å²) in [5.41, 5.74) is -1.36. The van der Waals surface area contributed by atoms with Gasteiger partial charge in [-0.2, -0.15) is 0 Å². The smallest absolute Gasteiger partial charge is 0.344 e. The second-order valence-electron chi connectivity index (χ2n) is 5.23. The molecule has 1 amide bonds. The number of nitrogens with zero attached hydrogens (tertiary/aromatic N) is 1. The van der Waals surface area contributed by atoms with Crippen molar-refractivity contribution in [3.63, 3.8) is 0 Å². The normalized spacial score (nSPS) is 16.0. The van der Waals surface area contributed by atoms with E-state index in [2.05, 4.69) is 0 Å². The number of ether oxygens (including phenoxy) is 3. The number of hydrogen-bond donors (Lipinski definition) is 0. The first kappa shape index (κ1) is 17.8. The maximum Gasteiger partial charge on any atom is 0.344 e. The Kier molecular flexibility index (Phi) is 5.43. The molecule has 1 aliphatic heterocycles. The third-order valence-electron chi connectivity index (χ3n) is 3.89. The Morgan fingerprint density at radius 2 is 1.62 bits per heavy atom. The molecule has 0 radical (unpaired) electrons. The van der Waals surface area contributed by atoms with Gasteiger partial charge in [0.05, 0.1) is 20.3 Å². The summed E-state index contributed by atoms with van der Waals surface area (Å²) in [6, 6.07) is 6.55. The number of carbonyl (C=O) groups is 3. The first-order chi connectivity index (χ1) is 11.5. The van der Waals surface area contributed by atoms with Gasteiger partial charge < -0.3 is 14.2 Å². The minimum Gasteiger partial charge on any atom is -0.497 e. The summed E-state index contributed by atoms with van der Waals surface area (Å²) in [5, 5.41) is 0. The maximum absolute atomic E-state index is 12.6. The number of esters is 2. The van der Waals surface area contributed by atoms with Gasteiger partial charge in [-0.25, -0.2) is 9.59 Å². The van der Waals surface area contributed by atoms with E-state index < -0.39 is 17.5 Å². The van der Waals surface area contributed by atoms with E-state index in [1.54, 1.807) is 38.1 Å². The topological polar surface area (TPSA) is 82.1 Å². The molecule has 0 N–H and O–H groups in total. The van der Waals surface area contributed by atoms with Gasteiger partial charge in [0.2, 0.25) is 11.4 Å². The molecule has 1 aromatic carbocycles. The molecule has 1 aromatic rings. The minimum atomic E-state index is -1.78. The van der Waals surface area contributed by atoms with E-state index in [-0.39, 0.29) is 32.0 Å². The molecule has 24 heavy (non-hydrogen) atoms. The SMILES string of the molecule is CCOC(=O)C1(C(=O)OCC)CCC(=O)N1c1ccc(OC)cc1. The highest BCUT2D eigenvalue weighted by molar-refractivity contribution is 6.18. The fraction of sp³-hybridized carbons (Fsp3) is 0.471. The van der Waals surface area contributed by atoms with E-state index in [0.29, 0.717) is 11.4 Å². The van der Waals surface area contributed by atoms with Crippen molar-refractivity contribution in [2.75, 3.05) is 25.2 Å². The van der Waals surface area contributed by atoms with Crippen LogP contribution in [0.3, 0.4) is 0 Å². The lowest BCUT2D eigenvalue weighted by molar-refractivity contribution is -0.164.